The summed E-state index contributed by atoms with van der Waals surface area (Å²) in [5.41, 5.74) is 4.83. The Hall–Kier alpha value is -1.61. The smallest absolute Gasteiger partial charge is 0.251 e. The van der Waals surface area contributed by atoms with E-state index in [1.165, 1.54) is 16.7 Å². The summed E-state index contributed by atoms with van der Waals surface area (Å²) in [5.74, 6) is 0.227. The Morgan fingerprint density at radius 3 is 2.81 bits per heavy atom. The Morgan fingerprint density at radius 1 is 1.33 bits per heavy atom. The lowest BCUT2D eigenvalue weighted by molar-refractivity contribution is -0.128. The highest BCUT2D eigenvalue weighted by Crippen LogP contribution is 2.30. The van der Waals surface area contributed by atoms with Gasteiger partial charge in [-0.15, -0.1) is 0 Å². The van der Waals surface area contributed by atoms with Gasteiger partial charge in [-0.05, 0) is 56.3 Å². The van der Waals surface area contributed by atoms with E-state index in [9.17, 15) is 4.79 Å². The number of aryl methyl sites for hydroxylation is 1. The summed E-state index contributed by atoms with van der Waals surface area (Å²) in [5, 5.41) is 3.30. The third-order valence-electron chi connectivity index (χ3n) is 4.61. The second-order valence-corrected chi connectivity index (χ2v) is 6.22. The Bertz CT molecular complexity index is 573. The number of hydrogen-bond acceptors (Lipinski definition) is 2. The minimum Gasteiger partial charge on any atom is -0.332 e. The summed E-state index contributed by atoms with van der Waals surface area (Å²) in [7, 11) is 0. The summed E-state index contributed by atoms with van der Waals surface area (Å²) in [6.07, 6.45) is 5.37. The molecule has 2 aliphatic rings. The summed E-state index contributed by atoms with van der Waals surface area (Å²) < 4.78 is 0. The van der Waals surface area contributed by atoms with E-state index < -0.39 is 0 Å². The quantitative estimate of drug-likeness (QED) is 0.922. The minimum atomic E-state index is 0.227. The molecule has 1 aliphatic heterocycles. The van der Waals surface area contributed by atoms with E-state index in [-0.39, 0.29) is 5.91 Å². The highest BCUT2D eigenvalue weighted by Gasteiger charge is 2.34. The van der Waals surface area contributed by atoms with Crippen LogP contribution in [0.5, 0.6) is 0 Å². The van der Waals surface area contributed by atoms with Gasteiger partial charge >= 0.3 is 0 Å². The van der Waals surface area contributed by atoms with Crippen LogP contribution >= 0.6 is 0 Å². The van der Waals surface area contributed by atoms with Crippen molar-refractivity contribution in [2.24, 2.45) is 0 Å². The van der Waals surface area contributed by atoms with Crippen molar-refractivity contribution in [3.05, 3.63) is 46.5 Å². The zero-order valence-corrected chi connectivity index (χ0v) is 13.0. The summed E-state index contributed by atoms with van der Waals surface area (Å²) in [6, 6.07) is 6.82. The lowest BCUT2D eigenvalue weighted by atomic mass is 10.0. The van der Waals surface area contributed by atoms with Crippen LogP contribution in [0.2, 0.25) is 0 Å². The zero-order valence-electron chi connectivity index (χ0n) is 13.0. The first kappa shape index (κ1) is 14.3. The molecule has 0 bridgehead atoms. The predicted molar refractivity (Wildman–Crippen MR) is 85.1 cm³/mol. The summed E-state index contributed by atoms with van der Waals surface area (Å²) in [6.45, 7) is 6.73. The number of hydrogen-bond donors (Lipinski definition) is 1. The van der Waals surface area contributed by atoms with Gasteiger partial charge in [0, 0.05) is 24.7 Å². The van der Waals surface area contributed by atoms with Crippen LogP contribution in [-0.4, -0.2) is 29.9 Å². The topological polar surface area (TPSA) is 32.3 Å². The molecular weight excluding hydrogens is 260 g/mol. The van der Waals surface area contributed by atoms with Gasteiger partial charge in [0.15, 0.2) is 0 Å². The van der Waals surface area contributed by atoms with E-state index in [4.69, 9.17) is 0 Å². The zero-order chi connectivity index (χ0) is 14.8. The second-order valence-electron chi connectivity index (χ2n) is 6.22. The van der Waals surface area contributed by atoms with Gasteiger partial charge in [-0.3, -0.25) is 4.79 Å². The fraction of sp³-hybridized carbons (Fsp3) is 0.500. The Balaban J connectivity index is 1.80. The summed E-state index contributed by atoms with van der Waals surface area (Å²) in [4.78, 5) is 14.9. The lowest BCUT2D eigenvalue weighted by Gasteiger charge is -2.26. The van der Waals surface area contributed by atoms with Crippen LogP contribution in [0.25, 0.3) is 0 Å². The molecular formula is C18H24N2O. The van der Waals surface area contributed by atoms with Crippen LogP contribution < -0.4 is 5.32 Å². The first-order valence-corrected chi connectivity index (χ1v) is 7.92. The van der Waals surface area contributed by atoms with Gasteiger partial charge in [0.05, 0.1) is 0 Å². The van der Waals surface area contributed by atoms with Gasteiger partial charge in [0.25, 0.3) is 5.91 Å². The minimum absolute atomic E-state index is 0.227. The van der Waals surface area contributed by atoms with Crippen molar-refractivity contribution < 1.29 is 4.79 Å². The third-order valence-corrected chi connectivity index (χ3v) is 4.61. The van der Waals surface area contributed by atoms with Gasteiger partial charge in [-0.25, -0.2) is 0 Å². The van der Waals surface area contributed by atoms with Crippen molar-refractivity contribution in [1.82, 2.24) is 10.2 Å². The Labute approximate surface area is 127 Å². The standard InChI is InChI=1S/C18H24N2O/c1-13-5-3-6-16(14(13)2)12-20(17-8-9-17)18(21)15-7-4-10-19-11-15/h3,5-7,17,19H,4,8-12H2,1-2H3. The lowest BCUT2D eigenvalue weighted by Crippen LogP contribution is -2.38. The predicted octanol–water partition coefficient (Wildman–Crippen LogP) is 2.71. The molecule has 1 N–H and O–H groups in total. The molecule has 1 aromatic carbocycles. The molecule has 0 spiro atoms. The molecule has 1 fully saturated rings. The largest absolute Gasteiger partial charge is 0.332 e. The molecule has 1 aromatic rings. The van der Waals surface area contributed by atoms with Gasteiger partial charge in [0.2, 0.25) is 0 Å². The highest BCUT2D eigenvalue weighted by atomic mass is 16.2. The van der Waals surface area contributed by atoms with Crippen LogP contribution in [0.3, 0.4) is 0 Å². The monoisotopic (exact) mass is 284 g/mol. The Morgan fingerprint density at radius 2 is 2.14 bits per heavy atom. The number of benzene rings is 1. The number of carbonyl (C=O) groups excluding carboxylic acids is 1. The SMILES string of the molecule is Cc1cccc(CN(C(=O)C2=CCCNC2)C2CC2)c1C. The second kappa shape index (κ2) is 6.02. The molecule has 21 heavy (non-hydrogen) atoms. The normalized spacial score (nSPS) is 18.3. The van der Waals surface area contributed by atoms with Crippen LogP contribution in [0.4, 0.5) is 0 Å². The van der Waals surface area contributed by atoms with Crippen LogP contribution in [0, 0.1) is 13.8 Å². The van der Waals surface area contributed by atoms with Crippen molar-refractivity contribution in [2.75, 3.05) is 13.1 Å². The number of carbonyl (C=O) groups is 1. The van der Waals surface area contributed by atoms with E-state index in [2.05, 4.69) is 48.3 Å². The molecule has 0 aromatic heterocycles. The van der Waals surface area contributed by atoms with Crippen LogP contribution in [0.1, 0.15) is 36.0 Å². The molecule has 0 atom stereocenters. The van der Waals surface area contributed by atoms with Crippen molar-refractivity contribution in [3.63, 3.8) is 0 Å². The fourth-order valence-electron chi connectivity index (χ4n) is 2.91. The fourth-order valence-corrected chi connectivity index (χ4v) is 2.91. The Kier molecular flexibility index (Phi) is 4.11. The van der Waals surface area contributed by atoms with E-state index in [1.807, 2.05) is 0 Å². The molecule has 3 nitrogen and oxygen atoms in total. The van der Waals surface area contributed by atoms with E-state index >= 15 is 0 Å². The molecule has 3 heteroatoms. The van der Waals surface area contributed by atoms with Gasteiger partial charge in [-0.2, -0.15) is 0 Å². The number of amides is 1. The molecule has 0 saturated heterocycles. The van der Waals surface area contributed by atoms with Crippen molar-refractivity contribution in [3.8, 4) is 0 Å². The van der Waals surface area contributed by atoms with Gasteiger partial charge in [0.1, 0.15) is 0 Å². The van der Waals surface area contributed by atoms with E-state index in [0.717, 1.165) is 44.5 Å². The number of rotatable bonds is 4. The molecule has 1 heterocycles. The van der Waals surface area contributed by atoms with Crippen molar-refractivity contribution >= 4 is 5.91 Å². The van der Waals surface area contributed by atoms with Crippen molar-refractivity contribution in [2.45, 2.75) is 45.7 Å². The van der Waals surface area contributed by atoms with E-state index in [1.54, 1.807) is 0 Å². The molecule has 3 rings (SSSR count). The average molecular weight is 284 g/mol. The van der Waals surface area contributed by atoms with Gasteiger partial charge < -0.3 is 10.2 Å². The van der Waals surface area contributed by atoms with Crippen molar-refractivity contribution in [1.29, 1.82) is 0 Å². The molecule has 0 radical (unpaired) electrons. The van der Waals surface area contributed by atoms with E-state index in [0.29, 0.717) is 6.04 Å². The van der Waals surface area contributed by atoms with Gasteiger partial charge in [-0.1, -0.05) is 24.3 Å². The maximum absolute atomic E-state index is 12.8. The molecule has 1 aliphatic carbocycles. The van der Waals surface area contributed by atoms with Crippen LogP contribution in [-0.2, 0) is 11.3 Å². The van der Waals surface area contributed by atoms with Crippen LogP contribution in [0.15, 0.2) is 29.8 Å². The number of nitrogens with one attached hydrogen (secondary N) is 1. The highest BCUT2D eigenvalue weighted by molar-refractivity contribution is 5.94. The first-order valence-electron chi connectivity index (χ1n) is 7.92. The average Bonchev–Trinajstić information content (AvgIpc) is 3.34. The molecule has 1 amide bonds. The third kappa shape index (κ3) is 3.18. The summed E-state index contributed by atoms with van der Waals surface area (Å²) >= 11 is 0. The molecule has 1 saturated carbocycles. The maximum Gasteiger partial charge on any atom is 0.251 e. The molecule has 112 valence electrons. The first-order chi connectivity index (χ1) is 10.2. The number of nitrogens with zero attached hydrogens (tertiary/aromatic N) is 1. The molecule has 0 unspecified atom stereocenters. The maximum atomic E-state index is 12.8.